The molecule has 1 heterocycles. The van der Waals surface area contributed by atoms with Crippen LogP contribution in [0.5, 0.6) is 0 Å². The molecule has 1 aromatic heterocycles. The molecule has 1 nitrogen and oxygen atoms in total. The number of hydrogen-bond donors (Lipinski definition) is 1. The lowest BCUT2D eigenvalue weighted by molar-refractivity contribution is 1.08. The first-order valence-electron chi connectivity index (χ1n) is 6.20. The molecule has 0 atom stereocenters. The molecule has 90 valence electrons. The topological polar surface area (TPSA) is 15.8 Å². The largest absolute Gasteiger partial charge is 0.360 e. The van der Waals surface area contributed by atoms with Crippen molar-refractivity contribution in [2.45, 2.75) is 23.1 Å². The standard InChI is InChI=1S/C16H15NS/c1-2-12-7-3-6-10-15(12)18-16-11-17-14-9-5-4-8-13(14)16/h3-11,17H,2H2,1H3. The van der Waals surface area contributed by atoms with Gasteiger partial charge in [0.15, 0.2) is 0 Å². The van der Waals surface area contributed by atoms with E-state index in [1.807, 2.05) is 11.8 Å². The van der Waals surface area contributed by atoms with Crippen LogP contribution in [-0.2, 0) is 6.42 Å². The highest BCUT2D eigenvalue weighted by Crippen LogP contribution is 2.35. The summed E-state index contributed by atoms with van der Waals surface area (Å²) in [6, 6.07) is 17.1. The van der Waals surface area contributed by atoms with Gasteiger partial charge in [-0.2, -0.15) is 0 Å². The monoisotopic (exact) mass is 253 g/mol. The van der Waals surface area contributed by atoms with Crippen LogP contribution in [0.15, 0.2) is 64.5 Å². The number of hydrogen-bond acceptors (Lipinski definition) is 1. The lowest BCUT2D eigenvalue weighted by atomic mass is 10.2. The molecule has 2 aromatic carbocycles. The molecule has 3 aromatic rings. The zero-order valence-corrected chi connectivity index (χ0v) is 11.1. The average molecular weight is 253 g/mol. The molecule has 0 unspecified atom stereocenters. The molecule has 0 saturated heterocycles. The predicted octanol–water partition coefficient (Wildman–Crippen LogP) is 4.88. The molecule has 1 N–H and O–H groups in total. The Hall–Kier alpha value is -1.67. The summed E-state index contributed by atoms with van der Waals surface area (Å²) in [5.74, 6) is 0. The number of fused-ring (bicyclic) bond motifs is 1. The van der Waals surface area contributed by atoms with Gasteiger partial charge in [0, 0.05) is 26.9 Å². The van der Waals surface area contributed by atoms with Crippen molar-refractivity contribution >= 4 is 22.7 Å². The van der Waals surface area contributed by atoms with Crippen molar-refractivity contribution in [1.82, 2.24) is 4.98 Å². The molecule has 0 radical (unpaired) electrons. The van der Waals surface area contributed by atoms with Crippen molar-refractivity contribution in [1.29, 1.82) is 0 Å². The Bertz CT molecular complexity index is 669. The number of H-pyrrole nitrogens is 1. The van der Waals surface area contributed by atoms with Crippen LogP contribution in [0.3, 0.4) is 0 Å². The summed E-state index contributed by atoms with van der Waals surface area (Å²) < 4.78 is 0. The molecule has 0 aliphatic carbocycles. The Balaban J connectivity index is 2.01. The minimum absolute atomic E-state index is 1.07. The summed E-state index contributed by atoms with van der Waals surface area (Å²) in [6.45, 7) is 2.20. The van der Waals surface area contributed by atoms with Gasteiger partial charge in [-0.3, -0.25) is 0 Å². The Morgan fingerprint density at radius 1 is 0.944 bits per heavy atom. The molecule has 0 bridgehead atoms. The van der Waals surface area contributed by atoms with Crippen LogP contribution in [0.2, 0.25) is 0 Å². The summed E-state index contributed by atoms with van der Waals surface area (Å²) in [4.78, 5) is 5.97. The molecule has 0 aliphatic rings. The van der Waals surface area contributed by atoms with Gasteiger partial charge in [-0.15, -0.1) is 0 Å². The minimum atomic E-state index is 1.07. The number of nitrogens with one attached hydrogen (secondary N) is 1. The molecule has 0 amide bonds. The zero-order valence-electron chi connectivity index (χ0n) is 10.3. The van der Waals surface area contributed by atoms with Gasteiger partial charge in [-0.1, -0.05) is 55.1 Å². The van der Waals surface area contributed by atoms with Gasteiger partial charge in [0.2, 0.25) is 0 Å². The molecule has 0 saturated carbocycles. The van der Waals surface area contributed by atoms with Crippen LogP contribution in [0, 0.1) is 0 Å². The second-order valence-corrected chi connectivity index (χ2v) is 5.35. The highest BCUT2D eigenvalue weighted by molar-refractivity contribution is 7.99. The fourth-order valence-corrected chi connectivity index (χ4v) is 3.28. The molecule has 0 spiro atoms. The van der Waals surface area contributed by atoms with Crippen LogP contribution in [0.1, 0.15) is 12.5 Å². The van der Waals surface area contributed by atoms with E-state index in [2.05, 4.69) is 66.6 Å². The fraction of sp³-hybridized carbons (Fsp3) is 0.125. The molecule has 0 fully saturated rings. The van der Waals surface area contributed by atoms with Crippen molar-refractivity contribution in [3.05, 3.63) is 60.3 Å². The first kappa shape index (κ1) is 11.4. The minimum Gasteiger partial charge on any atom is -0.360 e. The third-order valence-corrected chi connectivity index (χ3v) is 4.30. The SMILES string of the molecule is CCc1ccccc1Sc1c[nH]c2ccccc12. The second-order valence-electron chi connectivity index (χ2n) is 4.26. The van der Waals surface area contributed by atoms with Gasteiger partial charge < -0.3 is 4.98 Å². The van der Waals surface area contributed by atoms with Gasteiger partial charge in [0.25, 0.3) is 0 Å². The van der Waals surface area contributed by atoms with E-state index in [1.165, 1.54) is 26.3 Å². The first-order chi connectivity index (χ1) is 8.88. The third-order valence-electron chi connectivity index (χ3n) is 3.12. The number of rotatable bonds is 3. The summed E-state index contributed by atoms with van der Waals surface area (Å²) >= 11 is 1.84. The lowest BCUT2D eigenvalue weighted by Gasteiger charge is -2.06. The van der Waals surface area contributed by atoms with Crippen molar-refractivity contribution < 1.29 is 0 Å². The fourth-order valence-electron chi connectivity index (χ4n) is 2.14. The maximum atomic E-state index is 3.33. The van der Waals surface area contributed by atoms with E-state index in [1.54, 1.807) is 0 Å². The van der Waals surface area contributed by atoms with E-state index in [0.29, 0.717) is 0 Å². The third kappa shape index (κ3) is 2.04. The summed E-state index contributed by atoms with van der Waals surface area (Å²) in [7, 11) is 0. The highest BCUT2D eigenvalue weighted by Gasteiger charge is 2.06. The van der Waals surface area contributed by atoms with Gasteiger partial charge in [0.05, 0.1) is 0 Å². The molecule has 2 heteroatoms. The van der Waals surface area contributed by atoms with Gasteiger partial charge in [0.1, 0.15) is 0 Å². The smallest absolute Gasteiger partial charge is 0.0465 e. The quantitative estimate of drug-likeness (QED) is 0.703. The lowest BCUT2D eigenvalue weighted by Crippen LogP contribution is -1.83. The number of aryl methyl sites for hydroxylation is 1. The van der Waals surface area contributed by atoms with Crippen molar-refractivity contribution in [3.63, 3.8) is 0 Å². The maximum absolute atomic E-state index is 3.33. The maximum Gasteiger partial charge on any atom is 0.0465 e. The van der Waals surface area contributed by atoms with Crippen LogP contribution in [0.4, 0.5) is 0 Å². The van der Waals surface area contributed by atoms with Crippen LogP contribution >= 0.6 is 11.8 Å². The number of benzene rings is 2. The summed E-state index contributed by atoms with van der Waals surface area (Å²) in [5.41, 5.74) is 2.61. The van der Waals surface area contributed by atoms with Gasteiger partial charge >= 0.3 is 0 Å². The van der Waals surface area contributed by atoms with Crippen LogP contribution < -0.4 is 0 Å². The Kier molecular flexibility index (Phi) is 3.11. The van der Waals surface area contributed by atoms with Crippen molar-refractivity contribution in [2.24, 2.45) is 0 Å². The van der Waals surface area contributed by atoms with E-state index < -0.39 is 0 Å². The number of aromatic amines is 1. The second kappa shape index (κ2) is 4.91. The molecular weight excluding hydrogens is 238 g/mol. The summed E-state index contributed by atoms with van der Waals surface area (Å²) in [5, 5.41) is 1.30. The van der Waals surface area contributed by atoms with E-state index in [0.717, 1.165) is 6.42 Å². The highest BCUT2D eigenvalue weighted by atomic mass is 32.2. The van der Waals surface area contributed by atoms with Gasteiger partial charge in [-0.25, -0.2) is 0 Å². The predicted molar refractivity (Wildman–Crippen MR) is 78.2 cm³/mol. The molecule has 3 rings (SSSR count). The Labute approximate surface area is 111 Å². The Morgan fingerprint density at radius 2 is 1.72 bits per heavy atom. The van der Waals surface area contributed by atoms with Crippen molar-refractivity contribution in [2.75, 3.05) is 0 Å². The van der Waals surface area contributed by atoms with E-state index in [9.17, 15) is 0 Å². The van der Waals surface area contributed by atoms with E-state index in [-0.39, 0.29) is 0 Å². The zero-order chi connectivity index (χ0) is 12.4. The molecule has 18 heavy (non-hydrogen) atoms. The molecular formula is C16H15NS. The van der Waals surface area contributed by atoms with Gasteiger partial charge in [-0.05, 0) is 24.1 Å². The Morgan fingerprint density at radius 3 is 2.61 bits per heavy atom. The molecule has 0 aliphatic heterocycles. The summed E-state index contributed by atoms with van der Waals surface area (Å²) in [6.07, 6.45) is 3.17. The number of aromatic nitrogens is 1. The van der Waals surface area contributed by atoms with E-state index in [4.69, 9.17) is 0 Å². The normalized spacial score (nSPS) is 10.9. The van der Waals surface area contributed by atoms with Crippen molar-refractivity contribution in [3.8, 4) is 0 Å². The van der Waals surface area contributed by atoms with Crippen LogP contribution in [-0.4, -0.2) is 4.98 Å². The van der Waals surface area contributed by atoms with E-state index >= 15 is 0 Å². The average Bonchev–Trinajstić information content (AvgIpc) is 2.83. The number of para-hydroxylation sites is 1. The van der Waals surface area contributed by atoms with Crippen LogP contribution in [0.25, 0.3) is 10.9 Å². The first-order valence-corrected chi connectivity index (χ1v) is 7.02.